The van der Waals surface area contributed by atoms with E-state index in [0.29, 0.717) is 17.1 Å². The molecule has 0 bridgehead atoms. The summed E-state index contributed by atoms with van der Waals surface area (Å²) in [5.74, 6) is -0.754. The van der Waals surface area contributed by atoms with Crippen molar-refractivity contribution in [3.63, 3.8) is 0 Å². The number of para-hydroxylation sites is 1. The number of aromatic nitrogens is 2. The van der Waals surface area contributed by atoms with E-state index in [1.54, 1.807) is 26.1 Å². The van der Waals surface area contributed by atoms with Crippen LogP contribution in [-0.4, -0.2) is 28.3 Å². The van der Waals surface area contributed by atoms with Gasteiger partial charge in [-0.1, -0.05) is 18.2 Å². The first kappa shape index (κ1) is 16.0. The van der Waals surface area contributed by atoms with Gasteiger partial charge in [-0.25, -0.2) is 9.80 Å². The fourth-order valence-electron chi connectivity index (χ4n) is 2.75. The van der Waals surface area contributed by atoms with Crippen molar-refractivity contribution in [2.45, 2.75) is 19.4 Å². The quantitative estimate of drug-likeness (QED) is 0.824. The molecule has 0 fully saturated rings. The molecule has 1 amide bonds. The number of rotatable bonds is 3. The van der Waals surface area contributed by atoms with E-state index < -0.39 is 12.0 Å². The first-order valence-electron chi connectivity index (χ1n) is 7.67. The van der Waals surface area contributed by atoms with Crippen LogP contribution < -0.4 is 16.2 Å². The lowest BCUT2D eigenvalue weighted by atomic mass is 10.1. The van der Waals surface area contributed by atoms with Crippen LogP contribution in [0.25, 0.3) is 0 Å². The predicted molar refractivity (Wildman–Crippen MR) is 88.3 cm³/mol. The zero-order valence-electron chi connectivity index (χ0n) is 13.5. The van der Waals surface area contributed by atoms with E-state index in [-0.39, 0.29) is 24.6 Å². The minimum atomic E-state index is -0.575. The number of nitrogens with zero attached hydrogens (tertiary/aromatic N) is 3. The molecular formula is C16H19N5O3. The molecule has 1 atom stereocenters. The number of carbonyl (C=O) groups excluding carboxylic acids is 2. The van der Waals surface area contributed by atoms with Crippen LogP contribution in [0.15, 0.2) is 30.3 Å². The lowest BCUT2D eigenvalue weighted by Gasteiger charge is -2.22. The lowest BCUT2D eigenvalue weighted by molar-refractivity contribution is -0.118. The van der Waals surface area contributed by atoms with Gasteiger partial charge in [0.15, 0.2) is 5.69 Å². The number of hydrogen-bond acceptors (Lipinski definition) is 6. The summed E-state index contributed by atoms with van der Waals surface area (Å²) >= 11 is 0. The van der Waals surface area contributed by atoms with Crippen molar-refractivity contribution in [2.24, 2.45) is 12.8 Å². The molecule has 1 aromatic carbocycles. The Labute approximate surface area is 139 Å². The van der Waals surface area contributed by atoms with Gasteiger partial charge in [0.1, 0.15) is 5.69 Å². The van der Waals surface area contributed by atoms with E-state index in [4.69, 9.17) is 10.5 Å². The molecule has 2 heterocycles. The van der Waals surface area contributed by atoms with Crippen LogP contribution in [0.2, 0.25) is 0 Å². The monoisotopic (exact) mass is 329 g/mol. The Hall–Kier alpha value is -2.87. The number of nitrogens with two attached hydrogens (primary N) is 1. The Kier molecular flexibility index (Phi) is 4.22. The zero-order chi connectivity index (χ0) is 17.3. The smallest absolute Gasteiger partial charge is 0.361 e. The average molecular weight is 329 g/mol. The van der Waals surface area contributed by atoms with Crippen LogP contribution in [0.4, 0.5) is 11.4 Å². The second-order valence-corrected chi connectivity index (χ2v) is 5.44. The number of benzene rings is 1. The molecule has 1 aliphatic heterocycles. The molecule has 1 aliphatic rings. The largest absolute Gasteiger partial charge is 0.461 e. The van der Waals surface area contributed by atoms with Crippen LogP contribution in [-0.2, 0) is 16.6 Å². The van der Waals surface area contributed by atoms with Gasteiger partial charge in [0.2, 0.25) is 5.91 Å². The van der Waals surface area contributed by atoms with E-state index in [1.807, 2.05) is 18.2 Å². The summed E-state index contributed by atoms with van der Waals surface area (Å²) in [6.07, 6.45) is 0.0939. The summed E-state index contributed by atoms with van der Waals surface area (Å²) in [5.41, 5.74) is 10.9. The minimum absolute atomic E-state index is 0.0939. The first-order valence-corrected chi connectivity index (χ1v) is 7.67. The zero-order valence-corrected chi connectivity index (χ0v) is 13.5. The summed E-state index contributed by atoms with van der Waals surface area (Å²) in [4.78, 5) is 24.7. The summed E-state index contributed by atoms with van der Waals surface area (Å²) < 4.78 is 6.57. The fraction of sp³-hybridized carbons (Fsp3) is 0.312. The molecule has 8 nitrogen and oxygen atoms in total. The van der Waals surface area contributed by atoms with E-state index in [1.165, 1.54) is 9.69 Å². The molecule has 126 valence electrons. The maximum Gasteiger partial charge on any atom is 0.361 e. The van der Waals surface area contributed by atoms with Gasteiger partial charge < -0.3 is 10.5 Å². The first-order chi connectivity index (χ1) is 11.5. The number of carbonyl (C=O) groups is 2. The second kappa shape index (κ2) is 6.32. The van der Waals surface area contributed by atoms with Crippen molar-refractivity contribution in [3.05, 3.63) is 41.7 Å². The normalized spacial score (nSPS) is 17.0. The molecular weight excluding hydrogens is 310 g/mol. The number of esters is 1. The predicted octanol–water partition coefficient (Wildman–Crippen LogP) is 1.36. The van der Waals surface area contributed by atoms with Gasteiger partial charge in [-0.05, 0) is 19.1 Å². The van der Waals surface area contributed by atoms with Gasteiger partial charge in [0.05, 0.1) is 24.0 Å². The third kappa shape index (κ3) is 2.71. The van der Waals surface area contributed by atoms with E-state index in [0.717, 1.165) is 0 Å². The van der Waals surface area contributed by atoms with Crippen molar-refractivity contribution in [1.29, 1.82) is 0 Å². The summed E-state index contributed by atoms with van der Waals surface area (Å²) in [6.45, 7) is 1.95. The van der Waals surface area contributed by atoms with E-state index >= 15 is 0 Å². The molecule has 2 aromatic rings. The van der Waals surface area contributed by atoms with Gasteiger partial charge >= 0.3 is 5.97 Å². The standard InChI is InChI=1S/C16H19N5O3/c1-3-24-16(23)14-13-15(20(2)18-14)11(17)9-12(22)21(19-13)10-7-5-4-6-8-10/h4-8,11,19H,3,9,17H2,1-2H3. The SMILES string of the molecule is CCOC(=O)c1nn(C)c2c1NN(c1ccccc1)C(=O)CC2N. The number of fused-ring (bicyclic) bond motifs is 1. The van der Waals surface area contributed by atoms with Crippen molar-refractivity contribution in [1.82, 2.24) is 9.78 Å². The summed E-state index contributed by atoms with van der Waals surface area (Å²) in [5, 5.41) is 5.60. The number of anilines is 2. The number of ether oxygens (including phenoxy) is 1. The van der Waals surface area contributed by atoms with Crippen LogP contribution >= 0.6 is 0 Å². The van der Waals surface area contributed by atoms with Crippen molar-refractivity contribution in [2.75, 3.05) is 17.0 Å². The van der Waals surface area contributed by atoms with E-state index in [9.17, 15) is 9.59 Å². The number of nitrogens with one attached hydrogen (secondary N) is 1. The molecule has 0 radical (unpaired) electrons. The van der Waals surface area contributed by atoms with E-state index in [2.05, 4.69) is 10.5 Å². The maximum absolute atomic E-state index is 12.5. The average Bonchev–Trinajstić information content (AvgIpc) is 2.82. The van der Waals surface area contributed by atoms with Crippen molar-refractivity contribution >= 4 is 23.3 Å². The molecule has 8 heteroatoms. The molecule has 3 N–H and O–H groups in total. The number of hydrazine groups is 1. The lowest BCUT2D eigenvalue weighted by Crippen LogP contribution is -2.36. The van der Waals surface area contributed by atoms with Crippen LogP contribution in [0.3, 0.4) is 0 Å². The molecule has 1 unspecified atom stereocenters. The fourth-order valence-corrected chi connectivity index (χ4v) is 2.75. The highest BCUT2D eigenvalue weighted by Crippen LogP contribution is 2.33. The Bertz CT molecular complexity index is 772. The summed E-state index contributed by atoms with van der Waals surface area (Å²) in [7, 11) is 1.69. The third-order valence-corrected chi connectivity index (χ3v) is 3.79. The number of amides is 1. The highest BCUT2D eigenvalue weighted by Gasteiger charge is 2.33. The molecule has 0 spiro atoms. The highest BCUT2D eigenvalue weighted by atomic mass is 16.5. The Morgan fingerprint density at radius 1 is 1.42 bits per heavy atom. The van der Waals surface area contributed by atoms with Crippen molar-refractivity contribution in [3.8, 4) is 0 Å². The van der Waals surface area contributed by atoms with Crippen LogP contribution in [0.1, 0.15) is 35.6 Å². The van der Waals surface area contributed by atoms with Gasteiger partial charge in [-0.3, -0.25) is 14.9 Å². The van der Waals surface area contributed by atoms with Gasteiger partial charge in [0, 0.05) is 13.5 Å². The second-order valence-electron chi connectivity index (χ2n) is 5.44. The minimum Gasteiger partial charge on any atom is -0.461 e. The number of hydrogen-bond donors (Lipinski definition) is 2. The van der Waals surface area contributed by atoms with Crippen LogP contribution in [0, 0.1) is 0 Å². The Balaban J connectivity index is 2.08. The molecule has 24 heavy (non-hydrogen) atoms. The Morgan fingerprint density at radius 2 is 2.12 bits per heavy atom. The molecule has 3 rings (SSSR count). The van der Waals surface area contributed by atoms with Gasteiger partial charge in [-0.15, -0.1) is 0 Å². The third-order valence-electron chi connectivity index (χ3n) is 3.79. The molecule has 1 aromatic heterocycles. The highest BCUT2D eigenvalue weighted by molar-refractivity contribution is 6.01. The summed E-state index contributed by atoms with van der Waals surface area (Å²) in [6, 6.07) is 8.52. The Morgan fingerprint density at radius 3 is 2.79 bits per heavy atom. The van der Waals surface area contributed by atoms with Crippen LogP contribution in [0.5, 0.6) is 0 Å². The molecule has 0 aliphatic carbocycles. The topological polar surface area (TPSA) is 102 Å². The number of aryl methyl sites for hydroxylation is 1. The van der Waals surface area contributed by atoms with Gasteiger partial charge in [-0.2, -0.15) is 5.10 Å². The van der Waals surface area contributed by atoms with Gasteiger partial charge in [0.25, 0.3) is 0 Å². The van der Waals surface area contributed by atoms with Crippen molar-refractivity contribution < 1.29 is 14.3 Å². The maximum atomic E-state index is 12.5. The molecule has 0 saturated heterocycles. The molecule has 0 saturated carbocycles.